The molecule has 3 rings (SSSR count). The van der Waals surface area contributed by atoms with Crippen LogP contribution >= 0.6 is 0 Å². The highest BCUT2D eigenvalue weighted by molar-refractivity contribution is 5.92. The Hall–Kier alpha value is -3.32. The van der Waals surface area contributed by atoms with Gasteiger partial charge in [-0.1, -0.05) is 37.3 Å². The number of benzene rings is 2. The second kappa shape index (κ2) is 11.5. The molecule has 0 saturated carbocycles. The predicted octanol–water partition coefficient (Wildman–Crippen LogP) is 4.98. The van der Waals surface area contributed by atoms with Crippen LogP contribution in [-0.2, 0) is 13.1 Å². The Bertz CT molecular complexity index is 1040. The van der Waals surface area contributed by atoms with Crippen LogP contribution in [0.15, 0.2) is 59.2 Å². The van der Waals surface area contributed by atoms with E-state index in [4.69, 9.17) is 13.9 Å². The Balaban J connectivity index is 1.87. The zero-order valence-corrected chi connectivity index (χ0v) is 20.0. The third kappa shape index (κ3) is 6.35. The number of rotatable bonds is 11. The van der Waals surface area contributed by atoms with Crippen LogP contribution in [0.5, 0.6) is 11.5 Å². The van der Waals surface area contributed by atoms with Gasteiger partial charge < -0.3 is 19.2 Å². The molecule has 0 radical (unpaired) electrons. The molecular weight excluding hydrogens is 418 g/mol. The molecule has 176 valence electrons. The van der Waals surface area contributed by atoms with Crippen molar-refractivity contribution in [1.82, 2.24) is 15.2 Å². The quantitative estimate of drug-likeness (QED) is 0.443. The Labute approximate surface area is 195 Å². The van der Waals surface area contributed by atoms with E-state index in [1.807, 2.05) is 50.2 Å². The predicted molar refractivity (Wildman–Crippen MR) is 127 cm³/mol. The first kappa shape index (κ1) is 24.3. The first-order chi connectivity index (χ1) is 15.9. The van der Waals surface area contributed by atoms with Crippen molar-refractivity contribution in [3.63, 3.8) is 0 Å². The van der Waals surface area contributed by atoms with Crippen molar-refractivity contribution in [1.29, 1.82) is 0 Å². The van der Waals surface area contributed by atoms with Crippen LogP contribution in [0.4, 0.5) is 0 Å². The van der Waals surface area contributed by atoms with E-state index in [1.54, 1.807) is 14.2 Å². The summed E-state index contributed by atoms with van der Waals surface area (Å²) in [5.41, 5.74) is 2.44. The summed E-state index contributed by atoms with van der Waals surface area (Å²) in [6.07, 6.45) is 2.27. The van der Waals surface area contributed by atoms with Gasteiger partial charge in [-0.2, -0.15) is 0 Å². The lowest BCUT2D eigenvalue weighted by molar-refractivity contribution is 0.0934. The number of ether oxygens (including phenoxy) is 2. The number of hydrogen-bond donors (Lipinski definition) is 1. The first-order valence-corrected chi connectivity index (χ1v) is 11.2. The Morgan fingerprint density at radius 1 is 1.09 bits per heavy atom. The largest absolute Gasteiger partial charge is 0.497 e. The van der Waals surface area contributed by atoms with Crippen LogP contribution in [-0.4, -0.2) is 36.1 Å². The molecule has 33 heavy (non-hydrogen) atoms. The standard InChI is InChI=1S/C26H33N3O4/c1-6-18(2)27-26(30)23-17-33-25(28-23)16-29(19(3)20-10-8-7-9-11-20)15-21-14-22(31-4)12-13-24(21)32-5/h7-14,17-19H,6,15-16H2,1-5H3,(H,27,30)/t18-,19+/m1/s1. The normalized spacial score (nSPS) is 12.9. The molecule has 0 saturated heterocycles. The van der Waals surface area contributed by atoms with E-state index < -0.39 is 0 Å². The topological polar surface area (TPSA) is 76.8 Å². The summed E-state index contributed by atoms with van der Waals surface area (Å²) in [6, 6.07) is 16.1. The average Bonchev–Trinajstić information content (AvgIpc) is 3.32. The van der Waals surface area contributed by atoms with Gasteiger partial charge >= 0.3 is 0 Å². The first-order valence-electron chi connectivity index (χ1n) is 11.2. The molecule has 0 unspecified atom stereocenters. The van der Waals surface area contributed by atoms with E-state index >= 15 is 0 Å². The van der Waals surface area contributed by atoms with Gasteiger partial charge in [0.15, 0.2) is 5.69 Å². The van der Waals surface area contributed by atoms with Crippen LogP contribution in [0, 0.1) is 0 Å². The molecule has 1 amide bonds. The smallest absolute Gasteiger partial charge is 0.273 e. The minimum atomic E-state index is -0.225. The fraction of sp³-hybridized carbons (Fsp3) is 0.385. The summed E-state index contributed by atoms with van der Waals surface area (Å²) in [4.78, 5) is 19.1. The second-order valence-electron chi connectivity index (χ2n) is 8.08. The van der Waals surface area contributed by atoms with Gasteiger partial charge in [0.05, 0.1) is 20.8 Å². The summed E-state index contributed by atoms with van der Waals surface area (Å²) < 4.78 is 16.7. The monoisotopic (exact) mass is 451 g/mol. The van der Waals surface area contributed by atoms with Crippen molar-refractivity contribution >= 4 is 5.91 Å². The fourth-order valence-corrected chi connectivity index (χ4v) is 3.56. The maximum atomic E-state index is 12.4. The van der Waals surface area contributed by atoms with Gasteiger partial charge in [-0.05, 0) is 44.0 Å². The number of oxazole rings is 1. The summed E-state index contributed by atoms with van der Waals surface area (Å²) in [5, 5.41) is 2.92. The van der Waals surface area contributed by atoms with Gasteiger partial charge in [0.25, 0.3) is 5.91 Å². The minimum Gasteiger partial charge on any atom is -0.497 e. The number of carbonyl (C=O) groups excluding carboxylic acids is 1. The number of methoxy groups -OCH3 is 2. The summed E-state index contributed by atoms with van der Waals surface area (Å²) in [5.74, 6) is 1.80. The molecule has 2 atom stereocenters. The van der Waals surface area contributed by atoms with Gasteiger partial charge in [0.2, 0.25) is 5.89 Å². The van der Waals surface area contributed by atoms with E-state index in [2.05, 4.69) is 34.3 Å². The highest BCUT2D eigenvalue weighted by Crippen LogP contribution is 2.30. The SMILES string of the molecule is CC[C@@H](C)NC(=O)c1coc(CN(Cc2cc(OC)ccc2OC)[C@@H](C)c2ccccc2)n1. The number of aromatic nitrogens is 1. The molecular formula is C26H33N3O4. The molecule has 7 nitrogen and oxygen atoms in total. The molecule has 2 aromatic carbocycles. The molecule has 1 N–H and O–H groups in total. The summed E-state index contributed by atoms with van der Waals surface area (Å²) in [7, 11) is 3.31. The highest BCUT2D eigenvalue weighted by atomic mass is 16.5. The number of carbonyl (C=O) groups is 1. The van der Waals surface area contributed by atoms with Crippen molar-refractivity contribution in [2.45, 2.75) is 52.4 Å². The molecule has 1 aromatic heterocycles. The Kier molecular flexibility index (Phi) is 8.49. The lowest BCUT2D eigenvalue weighted by atomic mass is 10.1. The molecule has 0 fully saturated rings. The van der Waals surface area contributed by atoms with Crippen LogP contribution in [0.1, 0.15) is 60.7 Å². The van der Waals surface area contributed by atoms with Gasteiger partial charge in [0.1, 0.15) is 17.8 Å². The molecule has 3 aromatic rings. The summed E-state index contributed by atoms with van der Waals surface area (Å²) >= 11 is 0. The zero-order chi connectivity index (χ0) is 23.8. The van der Waals surface area contributed by atoms with Crippen molar-refractivity contribution in [2.75, 3.05) is 14.2 Å². The van der Waals surface area contributed by atoms with Crippen molar-refractivity contribution < 1.29 is 18.7 Å². The van der Waals surface area contributed by atoms with Crippen LogP contribution in [0.2, 0.25) is 0 Å². The van der Waals surface area contributed by atoms with Crippen LogP contribution in [0.25, 0.3) is 0 Å². The van der Waals surface area contributed by atoms with Crippen LogP contribution in [0.3, 0.4) is 0 Å². The Morgan fingerprint density at radius 2 is 1.85 bits per heavy atom. The molecule has 0 aliphatic carbocycles. The van der Waals surface area contributed by atoms with Gasteiger partial charge in [-0.25, -0.2) is 4.98 Å². The fourth-order valence-electron chi connectivity index (χ4n) is 3.56. The number of nitrogens with zero attached hydrogens (tertiary/aromatic N) is 2. The van der Waals surface area contributed by atoms with Crippen LogP contribution < -0.4 is 14.8 Å². The highest BCUT2D eigenvalue weighted by Gasteiger charge is 2.22. The molecule has 0 spiro atoms. The second-order valence-corrected chi connectivity index (χ2v) is 8.08. The lowest BCUT2D eigenvalue weighted by Crippen LogP contribution is -2.32. The number of amides is 1. The zero-order valence-electron chi connectivity index (χ0n) is 20.0. The van der Waals surface area contributed by atoms with Crippen molar-refractivity contribution in [2.24, 2.45) is 0 Å². The maximum Gasteiger partial charge on any atom is 0.273 e. The minimum absolute atomic E-state index is 0.0615. The van der Waals surface area contributed by atoms with Gasteiger partial charge in [0, 0.05) is 24.2 Å². The lowest BCUT2D eigenvalue weighted by Gasteiger charge is -2.29. The third-order valence-electron chi connectivity index (χ3n) is 5.80. The molecule has 0 bridgehead atoms. The molecule has 1 heterocycles. The van der Waals surface area contributed by atoms with Crippen molar-refractivity contribution in [3.8, 4) is 11.5 Å². The maximum absolute atomic E-state index is 12.4. The van der Waals surface area contributed by atoms with Gasteiger partial charge in [-0.3, -0.25) is 9.69 Å². The van der Waals surface area contributed by atoms with E-state index in [9.17, 15) is 4.79 Å². The third-order valence-corrected chi connectivity index (χ3v) is 5.80. The van der Waals surface area contributed by atoms with E-state index in [-0.39, 0.29) is 23.7 Å². The summed E-state index contributed by atoms with van der Waals surface area (Å²) in [6.45, 7) is 7.13. The number of hydrogen-bond acceptors (Lipinski definition) is 6. The molecule has 0 aliphatic heterocycles. The van der Waals surface area contributed by atoms with E-state index in [1.165, 1.54) is 11.8 Å². The van der Waals surface area contributed by atoms with Crippen molar-refractivity contribution in [3.05, 3.63) is 77.5 Å². The molecule has 7 heteroatoms. The van der Waals surface area contributed by atoms with Gasteiger partial charge in [-0.15, -0.1) is 0 Å². The average molecular weight is 452 g/mol. The molecule has 0 aliphatic rings. The number of nitrogens with one attached hydrogen (secondary N) is 1. The van der Waals surface area contributed by atoms with E-state index in [0.29, 0.717) is 19.0 Å². The van der Waals surface area contributed by atoms with E-state index in [0.717, 1.165) is 23.5 Å². The Morgan fingerprint density at radius 3 is 2.52 bits per heavy atom.